The quantitative estimate of drug-likeness (QED) is 0.849. The molecule has 1 nitrogen and oxygen atoms in total. The molecular formula is C11H15BrClNS. The third-order valence-electron chi connectivity index (χ3n) is 3.38. The van der Waals surface area contributed by atoms with Crippen molar-refractivity contribution in [3.8, 4) is 0 Å². The summed E-state index contributed by atoms with van der Waals surface area (Å²) in [4.78, 5) is 1.21. The molecule has 15 heavy (non-hydrogen) atoms. The van der Waals surface area contributed by atoms with E-state index in [1.165, 1.54) is 24.1 Å². The zero-order valence-electron chi connectivity index (χ0n) is 8.67. The zero-order chi connectivity index (χ0) is 11.0. The van der Waals surface area contributed by atoms with Gasteiger partial charge >= 0.3 is 0 Å². The molecule has 2 rings (SSSR count). The van der Waals surface area contributed by atoms with Crippen molar-refractivity contribution in [2.45, 2.75) is 32.2 Å². The molecule has 0 aromatic carbocycles. The third kappa shape index (κ3) is 2.41. The van der Waals surface area contributed by atoms with Gasteiger partial charge in [-0.3, -0.25) is 0 Å². The van der Waals surface area contributed by atoms with Crippen molar-refractivity contribution >= 4 is 38.9 Å². The van der Waals surface area contributed by atoms with Crippen molar-refractivity contribution < 1.29 is 0 Å². The molecule has 1 aromatic rings. The highest BCUT2D eigenvalue weighted by atomic mass is 79.9. The van der Waals surface area contributed by atoms with Gasteiger partial charge in [-0.05, 0) is 40.3 Å². The summed E-state index contributed by atoms with van der Waals surface area (Å²) in [5, 5.41) is 0.788. The third-order valence-corrected chi connectivity index (χ3v) is 5.96. The lowest BCUT2D eigenvalue weighted by molar-refractivity contribution is 0.354. The summed E-state index contributed by atoms with van der Waals surface area (Å²) in [5.74, 6) is 1.38. The summed E-state index contributed by atoms with van der Waals surface area (Å²) in [6.07, 6.45) is 3.90. The molecule has 1 fully saturated rings. The molecular weight excluding hydrogens is 294 g/mol. The molecule has 0 radical (unpaired) electrons. The van der Waals surface area contributed by atoms with Crippen LogP contribution in [0.2, 0.25) is 5.02 Å². The normalized spacial score (nSPS) is 28.3. The maximum atomic E-state index is 6.30. The van der Waals surface area contributed by atoms with Crippen LogP contribution in [0.3, 0.4) is 0 Å². The fourth-order valence-electron chi connectivity index (χ4n) is 2.45. The van der Waals surface area contributed by atoms with Crippen LogP contribution in [0.4, 0.5) is 0 Å². The van der Waals surface area contributed by atoms with Gasteiger partial charge in [0.05, 0.1) is 8.81 Å². The molecule has 0 aliphatic heterocycles. The Morgan fingerprint density at radius 1 is 1.60 bits per heavy atom. The van der Waals surface area contributed by atoms with Gasteiger partial charge in [0.15, 0.2) is 0 Å². The summed E-state index contributed by atoms with van der Waals surface area (Å²) in [6.45, 7) is 2.31. The standard InChI is InChI=1S/C11H15BrClNS/c1-6-3-2-4-7(6)10(14)9-5-8(13)11(12)15-9/h5-7,10H,2-4,14H2,1H3. The minimum Gasteiger partial charge on any atom is -0.323 e. The highest BCUT2D eigenvalue weighted by Crippen LogP contribution is 2.43. The Labute approximate surface area is 108 Å². The molecule has 2 N–H and O–H groups in total. The van der Waals surface area contributed by atoms with E-state index in [0.29, 0.717) is 5.92 Å². The first-order valence-electron chi connectivity index (χ1n) is 5.30. The van der Waals surface area contributed by atoms with Gasteiger partial charge in [-0.2, -0.15) is 0 Å². The monoisotopic (exact) mass is 307 g/mol. The molecule has 3 unspecified atom stereocenters. The molecule has 0 bridgehead atoms. The van der Waals surface area contributed by atoms with Gasteiger partial charge in [0, 0.05) is 10.9 Å². The molecule has 1 saturated carbocycles. The van der Waals surface area contributed by atoms with Crippen LogP contribution in [0.5, 0.6) is 0 Å². The van der Waals surface area contributed by atoms with Gasteiger partial charge in [-0.25, -0.2) is 0 Å². The van der Waals surface area contributed by atoms with E-state index in [2.05, 4.69) is 22.9 Å². The summed E-state index contributed by atoms with van der Waals surface area (Å²) >= 11 is 11.1. The smallest absolute Gasteiger partial charge is 0.0887 e. The van der Waals surface area contributed by atoms with E-state index < -0.39 is 0 Å². The van der Waals surface area contributed by atoms with E-state index in [-0.39, 0.29) is 6.04 Å². The van der Waals surface area contributed by atoms with Crippen molar-refractivity contribution in [2.75, 3.05) is 0 Å². The minimum atomic E-state index is 0.163. The van der Waals surface area contributed by atoms with Gasteiger partial charge in [0.2, 0.25) is 0 Å². The SMILES string of the molecule is CC1CCCC1C(N)c1cc(Cl)c(Br)s1. The van der Waals surface area contributed by atoms with E-state index in [1.807, 2.05) is 6.07 Å². The van der Waals surface area contributed by atoms with Crippen molar-refractivity contribution in [3.05, 3.63) is 19.8 Å². The highest BCUT2D eigenvalue weighted by molar-refractivity contribution is 9.11. The minimum absolute atomic E-state index is 0.163. The van der Waals surface area contributed by atoms with Crippen LogP contribution in [0, 0.1) is 11.8 Å². The largest absolute Gasteiger partial charge is 0.323 e. The summed E-state index contributed by atoms with van der Waals surface area (Å²) in [7, 11) is 0. The molecule has 1 heterocycles. The van der Waals surface area contributed by atoms with E-state index in [1.54, 1.807) is 11.3 Å². The molecule has 1 aliphatic carbocycles. The van der Waals surface area contributed by atoms with Crippen molar-refractivity contribution in [1.82, 2.24) is 0 Å². The van der Waals surface area contributed by atoms with Crippen LogP contribution in [0.25, 0.3) is 0 Å². The Morgan fingerprint density at radius 2 is 2.33 bits per heavy atom. The molecule has 4 heteroatoms. The van der Waals surface area contributed by atoms with Gasteiger partial charge in [0.25, 0.3) is 0 Å². The van der Waals surface area contributed by atoms with Crippen LogP contribution in [0.15, 0.2) is 9.85 Å². The van der Waals surface area contributed by atoms with E-state index in [9.17, 15) is 0 Å². The predicted molar refractivity (Wildman–Crippen MR) is 70.5 cm³/mol. The maximum absolute atomic E-state index is 6.30. The Bertz CT molecular complexity index is 333. The number of halogens is 2. The van der Waals surface area contributed by atoms with Gasteiger partial charge in [-0.15, -0.1) is 11.3 Å². The second kappa shape index (κ2) is 4.74. The number of rotatable bonds is 2. The van der Waals surface area contributed by atoms with Crippen LogP contribution in [-0.2, 0) is 0 Å². The highest BCUT2D eigenvalue weighted by Gasteiger charge is 2.30. The average molecular weight is 309 g/mol. The Hall–Kier alpha value is 0.430. The summed E-state index contributed by atoms with van der Waals surface area (Å²) in [5.41, 5.74) is 6.30. The van der Waals surface area contributed by atoms with E-state index in [4.69, 9.17) is 17.3 Å². The van der Waals surface area contributed by atoms with Crippen molar-refractivity contribution in [1.29, 1.82) is 0 Å². The second-order valence-corrected chi connectivity index (χ2v) is 7.18. The lowest BCUT2D eigenvalue weighted by Crippen LogP contribution is -2.22. The Morgan fingerprint density at radius 3 is 2.80 bits per heavy atom. The number of thiophene rings is 1. The molecule has 0 spiro atoms. The van der Waals surface area contributed by atoms with Crippen LogP contribution in [0.1, 0.15) is 37.1 Å². The average Bonchev–Trinajstić information content (AvgIpc) is 2.74. The Kier molecular flexibility index (Phi) is 3.76. The lowest BCUT2D eigenvalue weighted by Gasteiger charge is -2.21. The molecule has 1 aromatic heterocycles. The number of hydrogen-bond acceptors (Lipinski definition) is 2. The molecule has 3 atom stereocenters. The number of hydrogen-bond donors (Lipinski definition) is 1. The fraction of sp³-hybridized carbons (Fsp3) is 0.636. The maximum Gasteiger partial charge on any atom is 0.0887 e. The molecule has 84 valence electrons. The summed E-state index contributed by atoms with van der Waals surface area (Å²) < 4.78 is 1.00. The van der Waals surface area contributed by atoms with Crippen LogP contribution in [-0.4, -0.2) is 0 Å². The van der Waals surface area contributed by atoms with Crippen molar-refractivity contribution in [3.63, 3.8) is 0 Å². The van der Waals surface area contributed by atoms with Crippen molar-refractivity contribution in [2.24, 2.45) is 17.6 Å². The van der Waals surface area contributed by atoms with Gasteiger partial charge < -0.3 is 5.73 Å². The first-order valence-corrected chi connectivity index (χ1v) is 7.28. The predicted octanol–water partition coefficient (Wildman–Crippen LogP) is 4.60. The lowest BCUT2D eigenvalue weighted by atomic mass is 9.90. The summed E-state index contributed by atoms with van der Waals surface area (Å²) in [6, 6.07) is 2.17. The van der Waals surface area contributed by atoms with Gasteiger partial charge in [0.1, 0.15) is 0 Å². The van der Waals surface area contributed by atoms with Crippen LogP contribution >= 0.6 is 38.9 Å². The topological polar surface area (TPSA) is 26.0 Å². The fourth-order valence-corrected chi connectivity index (χ4v) is 4.27. The molecule has 0 amide bonds. The molecule has 0 saturated heterocycles. The first-order chi connectivity index (χ1) is 7.09. The second-order valence-electron chi connectivity index (χ2n) is 4.37. The van der Waals surface area contributed by atoms with Gasteiger partial charge in [-0.1, -0.05) is 31.4 Å². The van der Waals surface area contributed by atoms with E-state index in [0.717, 1.165) is 14.7 Å². The first kappa shape index (κ1) is 11.9. The van der Waals surface area contributed by atoms with E-state index >= 15 is 0 Å². The zero-order valence-corrected chi connectivity index (χ0v) is 11.8. The Balaban J connectivity index is 2.16. The molecule has 1 aliphatic rings. The number of nitrogens with two attached hydrogens (primary N) is 1. The van der Waals surface area contributed by atoms with Crippen LogP contribution < -0.4 is 5.73 Å².